The standard InChI is InChI=1S/C18H26N2O3/c1-17(2,14-7-4-3-5-8-14)11-9-15(21)20-12-6-10-18(23,13-20)16(19)22/h3-5,7-8,23H,6,9-13H2,1-2H3,(H2,19,22)/t18-/m0/s1. The van der Waals surface area contributed by atoms with Crippen LogP contribution in [0.3, 0.4) is 0 Å². The van der Waals surface area contributed by atoms with Crippen molar-refractivity contribution in [3.8, 4) is 0 Å². The van der Waals surface area contributed by atoms with Gasteiger partial charge >= 0.3 is 0 Å². The van der Waals surface area contributed by atoms with Gasteiger partial charge in [0.1, 0.15) is 0 Å². The molecule has 23 heavy (non-hydrogen) atoms. The Bertz CT molecular complexity index is 571. The second-order valence-electron chi connectivity index (χ2n) is 7.06. The summed E-state index contributed by atoms with van der Waals surface area (Å²) in [5.74, 6) is -0.784. The second-order valence-corrected chi connectivity index (χ2v) is 7.06. The van der Waals surface area contributed by atoms with Crippen LogP contribution in [-0.2, 0) is 15.0 Å². The van der Waals surface area contributed by atoms with Gasteiger partial charge in [-0.2, -0.15) is 0 Å². The van der Waals surface area contributed by atoms with Crippen LogP contribution in [-0.4, -0.2) is 40.5 Å². The first-order valence-electron chi connectivity index (χ1n) is 8.10. The number of carbonyl (C=O) groups excluding carboxylic acids is 2. The maximum atomic E-state index is 12.4. The highest BCUT2D eigenvalue weighted by molar-refractivity contribution is 5.85. The molecule has 0 bridgehead atoms. The molecule has 5 heteroatoms. The zero-order valence-corrected chi connectivity index (χ0v) is 13.9. The molecule has 1 atom stereocenters. The van der Waals surface area contributed by atoms with Crippen LogP contribution in [0.2, 0.25) is 0 Å². The third kappa shape index (κ3) is 4.10. The lowest BCUT2D eigenvalue weighted by Crippen LogP contribution is -2.57. The number of nitrogens with two attached hydrogens (primary N) is 1. The topological polar surface area (TPSA) is 83.6 Å². The Morgan fingerprint density at radius 1 is 1.30 bits per heavy atom. The Labute approximate surface area is 137 Å². The van der Waals surface area contributed by atoms with Crippen LogP contribution in [0.15, 0.2) is 30.3 Å². The Kier molecular flexibility index (Phi) is 5.09. The maximum absolute atomic E-state index is 12.4. The second kappa shape index (κ2) is 6.71. The van der Waals surface area contributed by atoms with Crippen LogP contribution in [0.25, 0.3) is 0 Å². The van der Waals surface area contributed by atoms with Crippen LogP contribution in [0.1, 0.15) is 45.1 Å². The summed E-state index contributed by atoms with van der Waals surface area (Å²) in [6.07, 6.45) is 2.01. The van der Waals surface area contributed by atoms with Crippen LogP contribution >= 0.6 is 0 Å². The van der Waals surface area contributed by atoms with E-state index >= 15 is 0 Å². The summed E-state index contributed by atoms with van der Waals surface area (Å²) in [6.45, 7) is 4.81. The Balaban J connectivity index is 1.96. The fourth-order valence-electron chi connectivity index (χ4n) is 3.06. The van der Waals surface area contributed by atoms with Crippen LogP contribution < -0.4 is 5.73 Å². The lowest BCUT2D eigenvalue weighted by Gasteiger charge is -2.37. The van der Waals surface area contributed by atoms with Gasteiger partial charge in [0.05, 0.1) is 6.54 Å². The minimum atomic E-state index is -1.58. The molecule has 2 amide bonds. The number of β-amino-alcohol motifs (C(OH)–C–C–N with tert-alkyl or cyclic N) is 1. The van der Waals surface area contributed by atoms with E-state index in [-0.39, 0.29) is 17.9 Å². The number of likely N-dealkylation sites (tertiary alicyclic amines) is 1. The largest absolute Gasteiger partial charge is 0.378 e. The summed E-state index contributed by atoms with van der Waals surface area (Å²) in [5, 5.41) is 10.2. The molecule has 0 aromatic heterocycles. The number of hydrogen-bond acceptors (Lipinski definition) is 3. The molecule has 1 aliphatic rings. The first-order valence-corrected chi connectivity index (χ1v) is 8.10. The lowest BCUT2D eigenvalue weighted by molar-refractivity contribution is -0.149. The van der Waals surface area contributed by atoms with E-state index in [0.717, 1.165) is 0 Å². The molecule has 3 N–H and O–H groups in total. The Hall–Kier alpha value is -1.88. The van der Waals surface area contributed by atoms with E-state index in [4.69, 9.17) is 5.73 Å². The van der Waals surface area contributed by atoms with Crippen LogP contribution in [0, 0.1) is 0 Å². The van der Waals surface area contributed by atoms with Crippen LogP contribution in [0.4, 0.5) is 0 Å². The first kappa shape index (κ1) is 17.5. The molecule has 1 saturated heterocycles. The summed E-state index contributed by atoms with van der Waals surface area (Å²) in [6, 6.07) is 10.1. The number of aliphatic hydroxyl groups is 1. The van der Waals surface area contributed by atoms with Gasteiger partial charge in [-0.05, 0) is 30.2 Å². The third-order valence-electron chi connectivity index (χ3n) is 4.80. The predicted molar refractivity (Wildman–Crippen MR) is 88.7 cm³/mol. The molecule has 0 aliphatic carbocycles. The summed E-state index contributed by atoms with van der Waals surface area (Å²) >= 11 is 0. The molecule has 0 unspecified atom stereocenters. The molecular weight excluding hydrogens is 292 g/mol. The smallest absolute Gasteiger partial charge is 0.251 e. The van der Waals surface area contributed by atoms with E-state index in [0.29, 0.717) is 32.2 Å². The highest BCUT2D eigenvalue weighted by atomic mass is 16.3. The van der Waals surface area contributed by atoms with Gasteiger partial charge in [0, 0.05) is 13.0 Å². The average molecular weight is 318 g/mol. The van der Waals surface area contributed by atoms with E-state index < -0.39 is 11.5 Å². The number of amides is 2. The van der Waals surface area contributed by atoms with Gasteiger partial charge < -0.3 is 15.7 Å². The van der Waals surface area contributed by atoms with E-state index in [2.05, 4.69) is 26.0 Å². The molecular formula is C18H26N2O3. The van der Waals surface area contributed by atoms with Gasteiger partial charge in [-0.25, -0.2) is 0 Å². The van der Waals surface area contributed by atoms with E-state index in [1.54, 1.807) is 4.90 Å². The number of primary amides is 1. The number of benzene rings is 1. The van der Waals surface area contributed by atoms with E-state index in [1.807, 2.05) is 18.2 Å². The SMILES string of the molecule is CC(C)(CCC(=O)N1CCC[C@@](O)(C(N)=O)C1)c1ccccc1. The molecule has 1 fully saturated rings. The van der Waals surface area contributed by atoms with Crippen molar-refractivity contribution in [1.29, 1.82) is 0 Å². The van der Waals surface area contributed by atoms with Gasteiger partial charge in [-0.15, -0.1) is 0 Å². The normalized spacial score (nSPS) is 22.0. The number of piperidine rings is 1. The van der Waals surface area contributed by atoms with Crippen molar-refractivity contribution in [2.45, 2.75) is 50.5 Å². The van der Waals surface area contributed by atoms with Crippen molar-refractivity contribution in [2.24, 2.45) is 5.73 Å². The number of rotatable bonds is 5. The van der Waals surface area contributed by atoms with Gasteiger partial charge in [0.15, 0.2) is 5.60 Å². The minimum Gasteiger partial charge on any atom is -0.378 e. The number of hydrogen-bond donors (Lipinski definition) is 2. The Morgan fingerprint density at radius 2 is 1.96 bits per heavy atom. The molecule has 126 valence electrons. The van der Waals surface area contributed by atoms with Crippen molar-refractivity contribution in [1.82, 2.24) is 4.90 Å². The maximum Gasteiger partial charge on any atom is 0.251 e. The van der Waals surface area contributed by atoms with Crippen LogP contribution in [0.5, 0.6) is 0 Å². The van der Waals surface area contributed by atoms with E-state index in [9.17, 15) is 14.7 Å². The van der Waals surface area contributed by atoms with E-state index in [1.165, 1.54) is 5.56 Å². The van der Waals surface area contributed by atoms with Crippen molar-refractivity contribution >= 4 is 11.8 Å². The highest BCUT2D eigenvalue weighted by Gasteiger charge is 2.40. The zero-order valence-electron chi connectivity index (χ0n) is 13.9. The molecule has 5 nitrogen and oxygen atoms in total. The van der Waals surface area contributed by atoms with Crippen molar-refractivity contribution in [3.05, 3.63) is 35.9 Å². The lowest BCUT2D eigenvalue weighted by atomic mass is 9.80. The third-order valence-corrected chi connectivity index (χ3v) is 4.80. The summed E-state index contributed by atoms with van der Waals surface area (Å²) in [7, 11) is 0. The fourth-order valence-corrected chi connectivity index (χ4v) is 3.06. The van der Waals surface area contributed by atoms with Gasteiger partial charge in [-0.1, -0.05) is 44.2 Å². The minimum absolute atomic E-state index is 0.00688. The quantitative estimate of drug-likeness (QED) is 0.864. The van der Waals surface area contributed by atoms with Gasteiger partial charge in [-0.3, -0.25) is 9.59 Å². The molecule has 1 heterocycles. The summed E-state index contributed by atoms with van der Waals surface area (Å²) < 4.78 is 0. The molecule has 0 spiro atoms. The molecule has 0 radical (unpaired) electrons. The number of carbonyl (C=O) groups is 2. The van der Waals surface area contributed by atoms with Crippen molar-refractivity contribution < 1.29 is 14.7 Å². The van der Waals surface area contributed by atoms with Crippen molar-refractivity contribution in [2.75, 3.05) is 13.1 Å². The summed E-state index contributed by atoms with van der Waals surface area (Å²) in [5.41, 5.74) is 4.77. The Morgan fingerprint density at radius 3 is 2.57 bits per heavy atom. The predicted octanol–water partition coefficient (Wildman–Crippen LogP) is 1.58. The molecule has 1 aromatic rings. The monoisotopic (exact) mass is 318 g/mol. The van der Waals surface area contributed by atoms with Gasteiger partial charge in [0.2, 0.25) is 5.91 Å². The molecule has 1 aliphatic heterocycles. The highest BCUT2D eigenvalue weighted by Crippen LogP contribution is 2.29. The van der Waals surface area contributed by atoms with Gasteiger partial charge in [0.25, 0.3) is 5.91 Å². The fraction of sp³-hybridized carbons (Fsp3) is 0.556. The average Bonchev–Trinajstić information content (AvgIpc) is 2.53. The molecule has 0 saturated carbocycles. The molecule has 2 rings (SSSR count). The first-order chi connectivity index (χ1) is 10.7. The summed E-state index contributed by atoms with van der Waals surface area (Å²) in [4.78, 5) is 25.4. The van der Waals surface area contributed by atoms with Crippen molar-refractivity contribution in [3.63, 3.8) is 0 Å². The zero-order chi connectivity index (χ0) is 17.1. The molecule has 1 aromatic carbocycles. The number of nitrogens with zero attached hydrogens (tertiary/aromatic N) is 1.